The van der Waals surface area contributed by atoms with E-state index < -0.39 is 6.04 Å². The first kappa shape index (κ1) is 14.5. The number of rotatable bonds is 7. The number of carbonyl (C=O) groups is 2. The third-order valence-electron chi connectivity index (χ3n) is 1.83. The van der Waals surface area contributed by atoms with Crippen LogP contribution in [0.4, 0.5) is 0 Å². The van der Waals surface area contributed by atoms with E-state index in [0.717, 1.165) is 6.42 Å². The molecule has 0 aliphatic heterocycles. The van der Waals surface area contributed by atoms with E-state index in [9.17, 15) is 9.59 Å². The van der Waals surface area contributed by atoms with E-state index in [1.54, 1.807) is 6.92 Å². The summed E-state index contributed by atoms with van der Waals surface area (Å²) in [6.45, 7) is 4.69. The van der Waals surface area contributed by atoms with Crippen LogP contribution < -0.4 is 16.0 Å². The van der Waals surface area contributed by atoms with Gasteiger partial charge in [-0.25, -0.2) is 0 Å². The van der Waals surface area contributed by atoms with E-state index >= 15 is 0 Å². The molecule has 0 aromatic heterocycles. The van der Waals surface area contributed by atoms with Crippen LogP contribution in [0.1, 0.15) is 20.3 Å². The van der Waals surface area contributed by atoms with Gasteiger partial charge in [-0.15, -0.1) is 6.42 Å². The van der Waals surface area contributed by atoms with Gasteiger partial charge in [-0.2, -0.15) is 0 Å². The summed E-state index contributed by atoms with van der Waals surface area (Å²) in [5.41, 5.74) is 0. The Kier molecular flexibility index (Phi) is 7.90. The van der Waals surface area contributed by atoms with E-state index in [1.807, 2.05) is 6.92 Å². The molecule has 2 amide bonds. The lowest BCUT2D eigenvalue weighted by Gasteiger charge is -2.13. The Balaban J connectivity index is 3.77. The molecule has 0 spiro atoms. The summed E-state index contributed by atoms with van der Waals surface area (Å²) in [5.74, 6) is 1.94. The maximum absolute atomic E-state index is 11.4. The third kappa shape index (κ3) is 6.85. The van der Waals surface area contributed by atoms with Crippen LogP contribution in [0.2, 0.25) is 0 Å². The number of terminal acetylenes is 1. The zero-order chi connectivity index (χ0) is 12.4. The van der Waals surface area contributed by atoms with Crippen molar-refractivity contribution in [2.24, 2.45) is 0 Å². The van der Waals surface area contributed by atoms with Gasteiger partial charge in [0.2, 0.25) is 11.8 Å². The van der Waals surface area contributed by atoms with Crippen molar-refractivity contribution in [2.45, 2.75) is 26.3 Å². The first-order valence-corrected chi connectivity index (χ1v) is 5.33. The second-order valence-electron chi connectivity index (χ2n) is 3.39. The number of amides is 2. The Morgan fingerprint density at radius 1 is 1.44 bits per heavy atom. The predicted octanol–water partition coefficient (Wildman–Crippen LogP) is -0.760. The molecule has 0 aliphatic rings. The number of nitrogens with one attached hydrogen (secondary N) is 3. The van der Waals surface area contributed by atoms with Crippen molar-refractivity contribution in [1.82, 2.24) is 16.0 Å². The van der Waals surface area contributed by atoms with Crippen molar-refractivity contribution in [3.05, 3.63) is 0 Å². The molecule has 0 heterocycles. The van der Waals surface area contributed by atoms with Crippen LogP contribution in [-0.2, 0) is 9.59 Å². The van der Waals surface area contributed by atoms with Crippen molar-refractivity contribution >= 4 is 11.8 Å². The monoisotopic (exact) mass is 225 g/mol. The summed E-state index contributed by atoms with van der Waals surface area (Å²) >= 11 is 0. The molecule has 0 saturated heterocycles. The van der Waals surface area contributed by atoms with Crippen LogP contribution in [0, 0.1) is 12.3 Å². The Labute approximate surface area is 96.4 Å². The number of hydrogen-bond donors (Lipinski definition) is 3. The fourth-order valence-electron chi connectivity index (χ4n) is 1.01. The lowest BCUT2D eigenvalue weighted by atomic mass is 10.3. The minimum absolute atomic E-state index is 0.121. The largest absolute Gasteiger partial charge is 0.354 e. The first-order chi connectivity index (χ1) is 7.61. The molecule has 0 bridgehead atoms. The van der Waals surface area contributed by atoms with Crippen LogP contribution in [0.5, 0.6) is 0 Å². The standard InChI is InChI=1S/C11H19N3O2/c1-4-6-12-8-10(15)14-9(3)11(16)13-7-5-2/h1,9,12H,5-8H2,2-3H3,(H,13,16)(H,14,15). The molecular weight excluding hydrogens is 206 g/mol. The van der Waals surface area contributed by atoms with Crippen LogP contribution >= 0.6 is 0 Å². The summed E-state index contributed by atoms with van der Waals surface area (Å²) in [4.78, 5) is 22.7. The van der Waals surface area contributed by atoms with Gasteiger partial charge in [0, 0.05) is 6.54 Å². The molecule has 0 fully saturated rings. The molecule has 1 atom stereocenters. The van der Waals surface area contributed by atoms with Gasteiger partial charge in [-0.1, -0.05) is 12.8 Å². The van der Waals surface area contributed by atoms with Crippen molar-refractivity contribution in [1.29, 1.82) is 0 Å². The van der Waals surface area contributed by atoms with E-state index in [4.69, 9.17) is 6.42 Å². The quantitative estimate of drug-likeness (QED) is 0.394. The lowest BCUT2D eigenvalue weighted by molar-refractivity contribution is -0.128. The Morgan fingerprint density at radius 2 is 2.12 bits per heavy atom. The van der Waals surface area contributed by atoms with Crippen LogP contribution in [-0.4, -0.2) is 37.5 Å². The van der Waals surface area contributed by atoms with E-state index in [2.05, 4.69) is 21.9 Å². The van der Waals surface area contributed by atoms with Gasteiger partial charge in [0.05, 0.1) is 13.1 Å². The Morgan fingerprint density at radius 3 is 2.69 bits per heavy atom. The van der Waals surface area contributed by atoms with Crippen LogP contribution in [0.25, 0.3) is 0 Å². The van der Waals surface area contributed by atoms with E-state index in [-0.39, 0.29) is 18.4 Å². The molecule has 0 aliphatic carbocycles. The minimum Gasteiger partial charge on any atom is -0.354 e. The van der Waals surface area contributed by atoms with Gasteiger partial charge in [-0.05, 0) is 13.3 Å². The number of carbonyl (C=O) groups excluding carboxylic acids is 2. The molecule has 5 nitrogen and oxygen atoms in total. The molecule has 3 N–H and O–H groups in total. The van der Waals surface area contributed by atoms with Gasteiger partial charge in [0.25, 0.3) is 0 Å². The summed E-state index contributed by atoms with van der Waals surface area (Å²) in [6.07, 6.45) is 5.88. The molecule has 5 heteroatoms. The Bertz CT molecular complexity index is 271. The summed E-state index contributed by atoms with van der Waals surface area (Å²) in [5, 5.41) is 8.01. The molecule has 0 rings (SSSR count). The maximum Gasteiger partial charge on any atom is 0.242 e. The fourth-order valence-corrected chi connectivity index (χ4v) is 1.01. The highest BCUT2D eigenvalue weighted by atomic mass is 16.2. The average Bonchev–Trinajstić information content (AvgIpc) is 2.26. The van der Waals surface area contributed by atoms with Gasteiger partial charge < -0.3 is 10.6 Å². The topological polar surface area (TPSA) is 70.2 Å². The highest BCUT2D eigenvalue weighted by molar-refractivity contribution is 5.87. The first-order valence-electron chi connectivity index (χ1n) is 5.33. The zero-order valence-electron chi connectivity index (χ0n) is 9.80. The van der Waals surface area contributed by atoms with Gasteiger partial charge in [-0.3, -0.25) is 14.9 Å². The van der Waals surface area contributed by atoms with Crippen molar-refractivity contribution < 1.29 is 9.59 Å². The van der Waals surface area contributed by atoms with Crippen molar-refractivity contribution in [2.75, 3.05) is 19.6 Å². The maximum atomic E-state index is 11.4. The van der Waals surface area contributed by atoms with Crippen LogP contribution in [0.15, 0.2) is 0 Å². The molecule has 0 saturated carbocycles. The summed E-state index contributed by atoms with van der Waals surface area (Å²) in [6, 6.07) is -0.522. The fraction of sp³-hybridized carbons (Fsp3) is 0.636. The summed E-state index contributed by atoms with van der Waals surface area (Å²) in [7, 11) is 0. The predicted molar refractivity (Wildman–Crippen MR) is 62.6 cm³/mol. The zero-order valence-corrected chi connectivity index (χ0v) is 9.80. The van der Waals surface area contributed by atoms with Crippen molar-refractivity contribution in [3.8, 4) is 12.3 Å². The molecular formula is C11H19N3O2. The van der Waals surface area contributed by atoms with Gasteiger partial charge in [0.15, 0.2) is 0 Å². The third-order valence-corrected chi connectivity index (χ3v) is 1.83. The normalized spacial score (nSPS) is 11.3. The minimum atomic E-state index is -0.522. The smallest absolute Gasteiger partial charge is 0.242 e. The molecule has 0 aromatic rings. The molecule has 90 valence electrons. The average molecular weight is 225 g/mol. The van der Waals surface area contributed by atoms with Crippen molar-refractivity contribution in [3.63, 3.8) is 0 Å². The molecule has 1 unspecified atom stereocenters. The second-order valence-corrected chi connectivity index (χ2v) is 3.39. The molecule has 16 heavy (non-hydrogen) atoms. The lowest BCUT2D eigenvalue weighted by Crippen LogP contribution is -2.47. The highest BCUT2D eigenvalue weighted by Crippen LogP contribution is 1.82. The van der Waals surface area contributed by atoms with Gasteiger partial charge in [0.1, 0.15) is 6.04 Å². The molecule has 0 aromatic carbocycles. The van der Waals surface area contributed by atoms with E-state index in [1.165, 1.54) is 0 Å². The number of hydrogen-bond acceptors (Lipinski definition) is 3. The van der Waals surface area contributed by atoms with E-state index in [0.29, 0.717) is 13.1 Å². The van der Waals surface area contributed by atoms with Gasteiger partial charge >= 0.3 is 0 Å². The Hall–Kier alpha value is -1.54. The highest BCUT2D eigenvalue weighted by Gasteiger charge is 2.13. The molecule has 0 radical (unpaired) electrons. The summed E-state index contributed by atoms with van der Waals surface area (Å²) < 4.78 is 0. The second kappa shape index (κ2) is 8.74. The van der Waals surface area contributed by atoms with Crippen LogP contribution in [0.3, 0.4) is 0 Å². The SMILES string of the molecule is C#CCNCC(=O)NC(C)C(=O)NCCC.